The van der Waals surface area contributed by atoms with E-state index in [9.17, 15) is 51.9 Å². The standard InChI is InChI=1S/C32H18N8O12S4.4Na/c41-53(42,43)21-19-20(22(54(44,45)46)24(56(50,51)52)23(21)55(47,48)49)32-39-30-18-12-6-4-10-16(18)28(37-30)35-26-14-8-2-1-7-13(14)25(33-26)34-27-15-9-3-5-11-17(15)29(36-27)38-31(19)40-32;;;;/h1-12H,(H,41,42,43)(H,44,45,46)(H,47,48,49)(H,50,51,52)(H2,33,34,35,36,37,38,39,40);;;;/q;4*+1. The first-order valence-electron chi connectivity index (χ1n) is 15.5. The number of aromatic amines is 2. The number of hydrogen-bond donors (Lipinski definition) is 6. The van der Waals surface area contributed by atoms with Crippen LogP contribution in [0, 0.1) is 0 Å². The quantitative estimate of drug-likeness (QED) is 0.0705. The van der Waals surface area contributed by atoms with Crippen LogP contribution in [0.1, 0.15) is 0 Å². The van der Waals surface area contributed by atoms with E-state index in [-0.39, 0.29) is 153 Å². The summed E-state index contributed by atoms with van der Waals surface area (Å²) in [5.74, 6) is -0.428. The molecule has 0 fully saturated rings. The average molecular weight is 927 g/mol. The van der Waals surface area contributed by atoms with Gasteiger partial charge in [-0.3, -0.25) is 18.2 Å². The molecule has 0 aliphatic carbocycles. The molecule has 20 nitrogen and oxygen atoms in total. The zero-order valence-corrected chi connectivity index (χ0v) is 42.6. The van der Waals surface area contributed by atoms with E-state index in [0.29, 0.717) is 33.2 Å². The number of H-pyrrole nitrogens is 2. The third kappa shape index (κ3) is 8.24. The van der Waals surface area contributed by atoms with E-state index in [1.54, 1.807) is 60.7 Å². The fourth-order valence-corrected chi connectivity index (χ4v) is 11.7. The first-order valence-corrected chi connectivity index (χ1v) is 21.3. The number of rotatable bonds is 4. The normalized spacial score (nSPS) is 12.3. The summed E-state index contributed by atoms with van der Waals surface area (Å²) in [4.78, 5) is 24.5. The van der Waals surface area contributed by atoms with E-state index in [2.05, 4.69) is 29.9 Å². The van der Waals surface area contributed by atoms with Crippen LogP contribution in [-0.4, -0.2) is 91.8 Å². The van der Waals surface area contributed by atoms with Gasteiger partial charge in [-0.1, -0.05) is 72.8 Å². The van der Waals surface area contributed by atoms with Crippen molar-refractivity contribution < 1.29 is 170 Å². The molecule has 4 aromatic carbocycles. The number of fused-ring (bicyclic) bond motifs is 20. The molecule has 0 saturated heterocycles. The monoisotopic (exact) mass is 926 g/mol. The first kappa shape index (κ1) is 48.9. The van der Waals surface area contributed by atoms with Crippen molar-refractivity contribution in [2.24, 2.45) is 0 Å². The number of hydrogen-bond acceptors (Lipinski definition) is 14. The van der Waals surface area contributed by atoms with Crippen molar-refractivity contribution in [2.45, 2.75) is 19.6 Å². The molecule has 3 aromatic heterocycles. The van der Waals surface area contributed by atoms with Gasteiger partial charge in [-0.05, 0) is 0 Å². The predicted octanol–water partition coefficient (Wildman–Crippen LogP) is -8.13. The van der Waals surface area contributed by atoms with E-state index >= 15 is 0 Å². The predicted molar refractivity (Wildman–Crippen MR) is 195 cm³/mol. The maximum atomic E-state index is 13.2. The fraction of sp³-hybridized carbons (Fsp3) is 0. The summed E-state index contributed by atoms with van der Waals surface area (Å²) in [5, 5.41) is -1.17. The van der Waals surface area contributed by atoms with Gasteiger partial charge in [-0.2, -0.15) is 33.7 Å². The molecule has 0 saturated carbocycles. The van der Waals surface area contributed by atoms with Crippen molar-refractivity contribution in [2.75, 3.05) is 0 Å². The average Bonchev–Trinajstić information content (AvgIpc) is 3.84. The molecule has 60 heavy (non-hydrogen) atoms. The zero-order valence-electron chi connectivity index (χ0n) is 31.3. The molecule has 28 heteroatoms. The minimum Gasteiger partial charge on any atom is -0.324 e. The van der Waals surface area contributed by atoms with Gasteiger partial charge in [0, 0.05) is 33.0 Å². The Bertz CT molecular complexity index is 3400. The number of nitrogens with one attached hydrogen (secondary N) is 2. The van der Waals surface area contributed by atoms with Crippen molar-refractivity contribution in [3.05, 3.63) is 72.8 Å². The van der Waals surface area contributed by atoms with E-state index in [1.807, 2.05) is 0 Å². The molecule has 0 spiro atoms. The van der Waals surface area contributed by atoms with E-state index in [1.165, 1.54) is 12.1 Å². The van der Waals surface area contributed by atoms with Crippen molar-refractivity contribution in [3.63, 3.8) is 0 Å². The third-order valence-electron chi connectivity index (χ3n) is 8.85. The Morgan fingerprint density at radius 1 is 0.350 bits per heavy atom. The zero-order chi connectivity index (χ0) is 39.7. The molecule has 5 heterocycles. The molecule has 282 valence electrons. The van der Waals surface area contributed by atoms with Gasteiger partial charge in [0.05, 0.1) is 10.8 Å². The molecule has 0 atom stereocenters. The molecule has 8 bridgehead atoms. The van der Waals surface area contributed by atoms with Crippen LogP contribution in [0.2, 0.25) is 0 Å². The van der Waals surface area contributed by atoms with Crippen molar-refractivity contribution in [3.8, 4) is 45.6 Å². The van der Waals surface area contributed by atoms with Gasteiger partial charge in [0.1, 0.15) is 42.2 Å². The SMILES string of the molecule is O=S(=O)(O)c1c(S(=O)(=O)O)c(S(=O)(=O)O)c2c3nc4nc(nc5[nH]c(nc6nc(nc([nH]3)c2c1S(=O)(=O)O)-c1ccccc1-6)c1ccccc51)-c1ccccc1-4.[Na+].[Na+].[Na+].[Na+]. The molecule has 6 N–H and O–H groups in total. The van der Waals surface area contributed by atoms with Gasteiger partial charge in [0.25, 0.3) is 40.5 Å². The molecular formula is C32H18N8Na4O12S4+4. The fourth-order valence-electron chi connectivity index (χ4n) is 6.75. The van der Waals surface area contributed by atoms with Crippen LogP contribution in [0.4, 0.5) is 0 Å². The van der Waals surface area contributed by atoms with Gasteiger partial charge in [0.2, 0.25) is 0 Å². The number of benzene rings is 4. The van der Waals surface area contributed by atoms with Gasteiger partial charge in [0.15, 0.2) is 23.3 Å². The van der Waals surface area contributed by atoms with E-state index in [0.717, 1.165) is 0 Å². The molecule has 7 aromatic rings. The number of aromatic nitrogens is 8. The Kier molecular flexibility index (Phi) is 13.9. The number of nitrogens with zero attached hydrogens (tertiary/aromatic N) is 6. The van der Waals surface area contributed by atoms with E-state index in [4.69, 9.17) is 9.97 Å². The maximum Gasteiger partial charge on any atom is 1.00 e. The summed E-state index contributed by atoms with van der Waals surface area (Å²) in [6, 6.07) is 19.9. The summed E-state index contributed by atoms with van der Waals surface area (Å²) in [5.41, 5.74) is 0.187. The molecule has 2 aliphatic heterocycles. The first-order chi connectivity index (χ1) is 26.3. The van der Waals surface area contributed by atoms with Crippen molar-refractivity contribution in [1.82, 2.24) is 39.9 Å². The van der Waals surface area contributed by atoms with Crippen LogP contribution in [-0.2, 0) is 40.5 Å². The minimum absolute atomic E-state index is 0. The van der Waals surface area contributed by atoms with Gasteiger partial charge < -0.3 is 9.97 Å². The van der Waals surface area contributed by atoms with Crippen LogP contribution >= 0.6 is 0 Å². The van der Waals surface area contributed by atoms with Gasteiger partial charge in [-0.25, -0.2) is 29.9 Å². The van der Waals surface area contributed by atoms with Crippen molar-refractivity contribution in [1.29, 1.82) is 0 Å². The summed E-state index contributed by atoms with van der Waals surface area (Å²) in [6.07, 6.45) is 0. The summed E-state index contributed by atoms with van der Waals surface area (Å²) in [7, 11) is -24.6. The minimum atomic E-state index is -6.24. The second-order valence-electron chi connectivity index (χ2n) is 12.2. The van der Waals surface area contributed by atoms with Crippen molar-refractivity contribution >= 4 is 84.6 Å². The molecule has 2 aliphatic rings. The second-order valence-corrected chi connectivity index (χ2v) is 17.6. The Balaban J connectivity index is 0.00000171. The largest absolute Gasteiger partial charge is 1.00 e. The van der Waals surface area contributed by atoms with Crippen LogP contribution < -0.4 is 118 Å². The maximum absolute atomic E-state index is 13.2. The van der Waals surface area contributed by atoms with Crippen LogP contribution in [0.3, 0.4) is 0 Å². The summed E-state index contributed by atoms with van der Waals surface area (Å²) in [6.45, 7) is 0. The molecule has 0 radical (unpaired) electrons. The summed E-state index contributed by atoms with van der Waals surface area (Å²) >= 11 is 0. The topological polar surface area (TPSA) is 326 Å². The second kappa shape index (κ2) is 17.1. The smallest absolute Gasteiger partial charge is 0.324 e. The Morgan fingerprint density at radius 2 is 0.600 bits per heavy atom. The van der Waals surface area contributed by atoms with Gasteiger partial charge >= 0.3 is 118 Å². The molecule has 0 unspecified atom stereocenters. The Labute approximate surface area is 426 Å². The van der Waals surface area contributed by atoms with Crippen LogP contribution in [0.25, 0.3) is 89.7 Å². The molecule has 0 amide bonds. The Morgan fingerprint density at radius 3 is 0.883 bits per heavy atom. The third-order valence-corrected chi connectivity index (χ3v) is 12.9. The molecular weight excluding hydrogens is 909 g/mol. The van der Waals surface area contributed by atoms with Crippen LogP contribution in [0.15, 0.2) is 92.4 Å². The summed E-state index contributed by atoms with van der Waals surface area (Å²) < 4.78 is 146. The van der Waals surface area contributed by atoms with Gasteiger partial charge in [-0.15, -0.1) is 0 Å². The molecule has 9 rings (SSSR count). The van der Waals surface area contributed by atoms with E-state index < -0.39 is 82.1 Å². The van der Waals surface area contributed by atoms with Crippen LogP contribution in [0.5, 0.6) is 0 Å². The Hall–Kier alpha value is -2.12.